The first-order chi connectivity index (χ1) is 7.96. The Labute approximate surface area is 101 Å². The van der Waals surface area contributed by atoms with Crippen LogP contribution < -0.4 is 5.32 Å². The Morgan fingerprint density at radius 3 is 2.18 bits per heavy atom. The minimum atomic E-state index is -3.03. The second-order valence-corrected chi connectivity index (χ2v) is 7.03. The van der Waals surface area contributed by atoms with Crippen molar-refractivity contribution in [2.24, 2.45) is 0 Å². The van der Waals surface area contributed by atoms with Gasteiger partial charge in [0.2, 0.25) is 0 Å². The summed E-state index contributed by atoms with van der Waals surface area (Å²) in [5.41, 5.74) is -0.965. The van der Waals surface area contributed by atoms with Crippen LogP contribution in [0.5, 0.6) is 0 Å². The highest BCUT2D eigenvalue weighted by Gasteiger charge is 2.48. The predicted octanol–water partition coefficient (Wildman–Crippen LogP) is -1.08. The van der Waals surface area contributed by atoms with E-state index in [2.05, 4.69) is 5.32 Å². The summed E-state index contributed by atoms with van der Waals surface area (Å²) in [5, 5.41) is 12.6. The Kier molecular flexibility index (Phi) is 3.42. The number of hydrogen-bond acceptors (Lipinski definition) is 5. The summed E-state index contributed by atoms with van der Waals surface area (Å²) in [6.45, 7) is 2.88. The number of sulfone groups is 1. The lowest BCUT2D eigenvalue weighted by Gasteiger charge is -2.44. The molecule has 17 heavy (non-hydrogen) atoms. The molecule has 0 atom stereocenters. The Morgan fingerprint density at radius 2 is 1.71 bits per heavy atom. The first-order valence-electron chi connectivity index (χ1n) is 5.86. The van der Waals surface area contributed by atoms with Crippen molar-refractivity contribution in [1.29, 1.82) is 0 Å². The van der Waals surface area contributed by atoms with Crippen LogP contribution in [-0.2, 0) is 14.6 Å². The fraction of sp³-hybridized carbons (Fsp3) is 0.900. The van der Waals surface area contributed by atoms with E-state index in [4.69, 9.17) is 0 Å². The van der Waals surface area contributed by atoms with Crippen LogP contribution in [0, 0.1) is 0 Å². The standard InChI is InChI=1S/C10H18N2O4S/c13-9(14)10(12-5-3-11-4-6-12)1-7-17(15,16)8-2-10/h11H,1-8H2,(H,13,14). The zero-order chi connectivity index (χ0) is 12.5. The Morgan fingerprint density at radius 1 is 1.18 bits per heavy atom. The van der Waals surface area contributed by atoms with Gasteiger partial charge in [0.15, 0.2) is 0 Å². The summed E-state index contributed by atoms with van der Waals surface area (Å²) < 4.78 is 22.8. The third-order valence-corrected chi connectivity index (χ3v) is 5.43. The number of rotatable bonds is 2. The highest BCUT2D eigenvalue weighted by atomic mass is 32.2. The van der Waals surface area contributed by atoms with Gasteiger partial charge in [-0.3, -0.25) is 9.69 Å². The SMILES string of the molecule is O=C(O)C1(N2CCNCC2)CCS(=O)(=O)CC1. The van der Waals surface area contributed by atoms with Crippen molar-refractivity contribution in [2.45, 2.75) is 18.4 Å². The van der Waals surface area contributed by atoms with Gasteiger partial charge in [-0.05, 0) is 12.8 Å². The van der Waals surface area contributed by atoms with E-state index in [0.717, 1.165) is 13.1 Å². The van der Waals surface area contributed by atoms with E-state index in [-0.39, 0.29) is 24.3 Å². The van der Waals surface area contributed by atoms with Crippen molar-refractivity contribution in [3.63, 3.8) is 0 Å². The summed E-state index contributed by atoms with van der Waals surface area (Å²) in [6.07, 6.45) is 0.426. The van der Waals surface area contributed by atoms with Gasteiger partial charge in [0.05, 0.1) is 11.5 Å². The largest absolute Gasteiger partial charge is 0.480 e. The molecule has 2 rings (SSSR count). The van der Waals surface area contributed by atoms with Gasteiger partial charge < -0.3 is 10.4 Å². The molecule has 0 aromatic rings. The van der Waals surface area contributed by atoms with Crippen molar-refractivity contribution in [1.82, 2.24) is 10.2 Å². The molecule has 0 unspecified atom stereocenters. The molecule has 0 radical (unpaired) electrons. The maximum atomic E-state index is 11.5. The Hall–Kier alpha value is -0.660. The fourth-order valence-electron chi connectivity index (χ4n) is 2.63. The molecule has 2 fully saturated rings. The van der Waals surface area contributed by atoms with Crippen LogP contribution in [0.25, 0.3) is 0 Å². The Bertz CT molecular complexity index is 387. The molecule has 98 valence electrons. The smallest absolute Gasteiger partial charge is 0.324 e. The fourth-order valence-corrected chi connectivity index (χ4v) is 4.14. The van der Waals surface area contributed by atoms with E-state index in [1.807, 2.05) is 4.90 Å². The van der Waals surface area contributed by atoms with Gasteiger partial charge in [0, 0.05) is 26.2 Å². The van der Waals surface area contributed by atoms with Gasteiger partial charge in [0.25, 0.3) is 0 Å². The predicted molar refractivity (Wildman–Crippen MR) is 62.7 cm³/mol. The number of hydrogen-bond donors (Lipinski definition) is 2. The summed E-state index contributed by atoms with van der Waals surface area (Å²) in [7, 11) is -3.03. The first kappa shape index (κ1) is 12.8. The molecule has 0 saturated carbocycles. The molecule has 0 aliphatic carbocycles. The van der Waals surface area contributed by atoms with E-state index in [1.54, 1.807) is 0 Å². The van der Waals surface area contributed by atoms with E-state index in [1.165, 1.54) is 0 Å². The molecule has 2 N–H and O–H groups in total. The topological polar surface area (TPSA) is 86.7 Å². The third kappa shape index (κ3) is 2.46. The van der Waals surface area contributed by atoms with E-state index in [9.17, 15) is 18.3 Å². The van der Waals surface area contributed by atoms with Crippen LogP contribution >= 0.6 is 0 Å². The average molecular weight is 262 g/mol. The molecule has 0 aromatic heterocycles. The van der Waals surface area contributed by atoms with Crippen LogP contribution in [0.4, 0.5) is 0 Å². The molecule has 2 aliphatic rings. The minimum Gasteiger partial charge on any atom is -0.480 e. The first-order valence-corrected chi connectivity index (χ1v) is 7.68. The maximum Gasteiger partial charge on any atom is 0.324 e. The summed E-state index contributed by atoms with van der Waals surface area (Å²) in [6, 6.07) is 0. The van der Waals surface area contributed by atoms with Gasteiger partial charge in [0.1, 0.15) is 15.4 Å². The summed E-state index contributed by atoms with van der Waals surface area (Å²) in [4.78, 5) is 13.5. The molecule has 0 bridgehead atoms. The molecule has 2 aliphatic heterocycles. The number of piperazine rings is 1. The van der Waals surface area contributed by atoms with E-state index < -0.39 is 21.3 Å². The summed E-state index contributed by atoms with van der Waals surface area (Å²) in [5.74, 6) is -0.902. The number of nitrogens with one attached hydrogen (secondary N) is 1. The molecule has 0 spiro atoms. The van der Waals surface area contributed by atoms with Crippen LogP contribution in [0.1, 0.15) is 12.8 Å². The number of aliphatic carboxylic acids is 1. The number of nitrogens with zero attached hydrogens (tertiary/aromatic N) is 1. The highest BCUT2D eigenvalue weighted by molar-refractivity contribution is 7.91. The third-order valence-electron chi connectivity index (χ3n) is 3.77. The second kappa shape index (κ2) is 4.55. The van der Waals surface area contributed by atoms with Crippen LogP contribution in [0.3, 0.4) is 0 Å². The van der Waals surface area contributed by atoms with E-state index >= 15 is 0 Å². The van der Waals surface area contributed by atoms with Crippen molar-refractivity contribution in [3.8, 4) is 0 Å². The van der Waals surface area contributed by atoms with Crippen LogP contribution in [-0.4, -0.2) is 67.6 Å². The van der Waals surface area contributed by atoms with Crippen molar-refractivity contribution in [2.75, 3.05) is 37.7 Å². The van der Waals surface area contributed by atoms with Crippen LogP contribution in [0.15, 0.2) is 0 Å². The van der Waals surface area contributed by atoms with Gasteiger partial charge in [-0.15, -0.1) is 0 Å². The molecule has 0 amide bonds. The van der Waals surface area contributed by atoms with Crippen molar-refractivity contribution < 1.29 is 18.3 Å². The zero-order valence-electron chi connectivity index (χ0n) is 9.68. The molecule has 2 heterocycles. The zero-order valence-corrected chi connectivity index (χ0v) is 10.5. The van der Waals surface area contributed by atoms with Gasteiger partial charge in [-0.25, -0.2) is 8.42 Å². The highest BCUT2D eigenvalue weighted by Crippen LogP contribution is 2.30. The Balaban J connectivity index is 2.19. The van der Waals surface area contributed by atoms with Crippen molar-refractivity contribution in [3.05, 3.63) is 0 Å². The summed E-state index contributed by atoms with van der Waals surface area (Å²) >= 11 is 0. The molecule has 6 nitrogen and oxygen atoms in total. The minimum absolute atomic E-state index is 0.0107. The van der Waals surface area contributed by atoms with Gasteiger partial charge in [-0.2, -0.15) is 0 Å². The lowest BCUT2D eigenvalue weighted by Crippen LogP contribution is -2.62. The monoisotopic (exact) mass is 262 g/mol. The number of carbonyl (C=O) groups is 1. The van der Waals surface area contributed by atoms with Crippen molar-refractivity contribution >= 4 is 15.8 Å². The van der Waals surface area contributed by atoms with Gasteiger partial charge in [-0.1, -0.05) is 0 Å². The molecular weight excluding hydrogens is 244 g/mol. The quantitative estimate of drug-likeness (QED) is 0.658. The second-order valence-electron chi connectivity index (χ2n) is 4.73. The average Bonchev–Trinajstić information content (AvgIpc) is 2.30. The lowest BCUT2D eigenvalue weighted by molar-refractivity contribution is -0.153. The molecule has 2 saturated heterocycles. The number of carboxylic acids is 1. The normalized spacial score (nSPS) is 28.7. The van der Waals surface area contributed by atoms with Gasteiger partial charge >= 0.3 is 5.97 Å². The molecular formula is C10H18N2O4S. The lowest BCUT2D eigenvalue weighted by atomic mass is 9.89. The van der Waals surface area contributed by atoms with E-state index in [0.29, 0.717) is 13.1 Å². The molecule has 7 heteroatoms. The maximum absolute atomic E-state index is 11.5. The molecule has 0 aromatic carbocycles. The van der Waals surface area contributed by atoms with Crippen LogP contribution in [0.2, 0.25) is 0 Å². The number of carboxylic acid groups (broad SMARTS) is 1.